The Kier molecular flexibility index (Phi) is 5.30. The van der Waals surface area contributed by atoms with Crippen molar-refractivity contribution in [1.82, 2.24) is 0 Å². The fourth-order valence-electron chi connectivity index (χ4n) is 2.25. The Morgan fingerprint density at radius 3 is 2.45 bits per heavy atom. The minimum atomic E-state index is 0.174. The second-order valence-corrected chi connectivity index (χ2v) is 5.44. The highest BCUT2D eigenvalue weighted by Crippen LogP contribution is 2.30. The molecule has 2 aromatic carbocycles. The van der Waals surface area contributed by atoms with Gasteiger partial charge in [0.25, 0.3) is 0 Å². The Morgan fingerprint density at radius 1 is 1.10 bits per heavy atom. The molecule has 2 rings (SSSR count). The Bertz CT molecular complexity index is 586. The average molecular weight is 310 g/mol. The van der Waals surface area contributed by atoms with E-state index in [-0.39, 0.29) is 5.92 Å². The van der Waals surface area contributed by atoms with E-state index in [0.29, 0.717) is 17.3 Å². The monoisotopic (exact) mass is 309 g/mol. The molecule has 0 aromatic heterocycles. The summed E-state index contributed by atoms with van der Waals surface area (Å²) in [6, 6.07) is 13.6. The summed E-state index contributed by atoms with van der Waals surface area (Å²) in [5.74, 6) is 0.852. The van der Waals surface area contributed by atoms with E-state index in [1.807, 2.05) is 42.5 Å². The summed E-state index contributed by atoms with van der Waals surface area (Å²) < 4.78 is 5.16. The first-order valence-corrected chi connectivity index (χ1v) is 7.18. The van der Waals surface area contributed by atoms with Crippen LogP contribution in [0.2, 0.25) is 10.0 Å². The van der Waals surface area contributed by atoms with Crippen molar-refractivity contribution in [3.63, 3.8) is 0 Å². The van der Waals surface area contributed by atoms with E-state index in [1.165, 1.54) is 0 Å². The van der Waals surface area contributed by atoms with Gasteiger partial charge in [0.2, 0.25) is 0 Å². The molecule has 0 fully saturated rings. The van der Waals surface area contributed by atoms with Crippen molar-refractivity contribution in [1.29, 1.82) is 0 Å². The molecule has 1 unspecified atom stereocenters. The van der Waals surface area contributed by atoms with Gasteiger partial charge in [-0.3, -0.25) is 0 Å². The van der Waals surface area contributed by atoms with Gasteiger partial charge in [0, 0.05) is 10.9 Å². The lowest BCUT2D eigenvalue weighted by Crippen LogP contribution is -2.15. The summed E-state index contributed by atoms with van der Waals surface area (Å²) in [6.07, 6.45) is 0.796. The molecule has 1 atom stereocenters. The molecule has 0 bridgehead atoms. The van der Waals surface area contributed by atoms with Crippen molar-refractivity contribution in [3.8, 4) is 5.75 Å². The van der Waals surface area contributed by atoms with E-state index in [2.05, 4.69) is 0 Å². The minimum absolute atomic E-state index is 0.174. The van der Waals surface area contributed by atoms with Gasteiger partial charge in [-0.2, -0.15) is 0 Å². The predicted molar refractivity (Wildman–Crippen MR) is 85.0 cm³/mol. The van der Waals surface area contributed by atoms with Gasteiger partial charge in [0.1, 0.15) is 5.75 Å². The highest BCUT2D eigenvalue weighted by Gasteiger charge is 2.14. The van der Waals surface area contributed by atoms with Crippen LogP contribution in [0.3, 0.4) is 0 Å². The molecule has 0 heterocycles. The molecule has 106 valence electrons. The van der Waals surface area contributed by atoms with Gasteiger partial charge in [0.15, 0.2) is 0 Å². The molecule has 0 radical (unpaired) electrons. The molecule has 2 aromatic rings. The van der Waals surface area contributed by atoms with Crippen LogP contribution in [-0.4, -0.2) is 13.7 Å². The fraction of sp³-hybridized carbons (Fsp3) is 0.250. The number of nitrogens with two attached hydrogens (primary N) is 1. The number of rotatable bonds is 5. The average Bonchev–Trinajstić information content (AvgIpc) is 2.46. The molecule has 20 heavy (non-hydrogen) atoms. The molecule has 2 nitrogen and oxygen atoms in total. The maximum Gasteiger partial charge on any atom is 0.137 e. The van der Waals surface area contributed by atoms with Crippen LogP contribution in [0, 0.1) is 0 Å². The van der Waals surface area contributed by atoms with Gasteiger partial charge < -0.3 is 10.5 Å². The Morgan fingerprint density at radius 2 is 1.85 bits per heavy atom. The molecular formula is C16H17Cl2NO. The first kappa shape index (κ1) is 15.2. The van der Waals surface area contributed by atoms with E-state index in [0.717, 1.165) is 22.6 Å². The van der Waals surface area contributed by atoms with Crippen molar-refractivity contribution < 1.29 is 4.74 Å². The highest BCUT2D eigenvalue weighted by molar-refractivity contribution is 6.32. The fourth-order valence-corrected chi connectivity index (χ4v) is 2.82. The van der Waals surface area contributed by atoms with E-state index < -0.39 is 0 Å². The van der Waals surface area contributed by atoms with Crippen molar-refractivity contribution in [3.05, 3.63) is 63.6 Å². The second-order valence-electron chi connectivity index (χ2n) is 4.63. The quantitative estimate of drug-likeness (QED) is 0.894. The molecule has 0 saturated heterocycles. The van der Waals surface area contributed by atoms with Crippen LogP contribution >= 0.6 is 23.2 Å². The summed E-state index contributed by atoms with van der Waals surface area (Å²) in [5.41, 5.74) is 8.09. The summed E-state index contributed by atoms with van der Waals surface area (Å²) in [4.78, 5) is 0. The van der Waals surface area contributed by atoms with Crippen LogP contribution in [0.5, 0.6) is 5.75 Å². The van der Waals surface area contributed by atoms with Crippen LogP contribution in [0.15, 0.2) is 42.5 Å². The van der Waals surface area contributed by atoms with Crippen molar-refractivity contribution in [2.45, 2.75) is 12.3 Å². The van der Waals surface area contributed by atoms with E-state index in [1.54, 1.807) is 7.11 Å². The van der Waals surface area contributed by atoms with E-state index >= 15 is 0 Å². The number of ether oxygens (including phenoxy) is 1. The molecule has 0 amide bonds. The molecule has 2 N–H and O–H groups in total. The zero-order chi connectivity index (χ0) is 14.5. The first-order chi connectivity index (χ1) is 9.65. The number of benzene rings is 2. The van der Waals surface area contributed by atoms with Crippen molar-refractivity contribution >= 4 is 23.2 Å². The summed E-state index contributed by atoms with van der Waals surface area (Å²) in [7, 11) is 1.60. The number of halogens is 2. The molecule has 0 aliphatic heterocycles. The lowest BCUT2D eigenvalue weighted by molar-refractivity contribution is 0.415. The maximum atomic E-state index is 6.24. The number of hydrogen-bond donors (Lipinski definition) is 1. The normalized spacial score (nSPS) is 12.2. The first-order valence-electron chi connectivity index (χ1n) is 6.42. The smallest absolute Gasteiger partial charge is 0.137 e. The van der Waals surface area contributed by atoms with Crippen LogP contribution in [-0.2, 0) is 6.42 Å². The van der Waals surface area contributed by atoms with Crippen LogP contribution in [0.25, 0.3) is 0 Å². The van der Waals surface area contributed by atoms with Gasteiger partial charge in [-0.05, 0) is 42.3 Å². The van der Waals surface area contributed by atoms with Crippen LogP contribution < -0.4 is 10.5 Å². The zero-order valence-corrected chi connectivity index (χ0v) is 12.8. The summed E-state index contributed by atoms with van der Waals surface area (Å²) >= 11 is 12.4. The third kappa shape index (κ3) is 3.45. The third-order valence-electron chi connectivity index (χ3n) is 3.33. The Hall–Kier alpha value is -1.22. The zero-order valence-electron chi connectivity index (χ0n) is 11.3. The van der Waals surface area contributed by atoms with Gasteiger partial charge in [-0.1, -0.05) is 47.5 Å². The maximum absolute atomic E-state index is 6.24. The number of hydrogen-bond acceptors (Lipinski definition) is 2. The second kappa shape index (κ2) is 6.98. The van der Waals surface area contributed by atoms with Gasteiger partial charge >= 0.3 is 0 Å². The SMILES string of the molecule is COc1ccc(CC(CN)c2ccccc2Cl)cc1Cl. The predicted octanol–water partition coefficient (Wildman–Crippen LogP) is 4.29. The standard InChI is InChI=1S/C16H17Cl2NO/c1-20-16-7-6-11(9-15(16)18)8-12(10-19)13-4-2-3-5-14(13)17/h2-7,9,12H,8,10,19H2,1H3. The van der Waals surface area contributed by atoms with Crippen molar-refractivity contribution in [2.24, 2.45) is 5.73 Å². The minimum Gasteiger partial charge on any atom is -0.495 e. The topological polar surface area (TPSA) is 35.2 Å². The lowest BCUT2D eigenvalue weighted by atomic mass is 9.92. The molecule has 0 saturated carbocycles. The molecule has 0 spiro atoms. The third-order valence-corrected chi connectivity index (χ3v) is 3.97. The lowest BCUT2D eigenvalue weighted by Gasteiger charge is -2.17. The molecule has 0 aliphatic carbocycles. The molecule has 0 aliphatic rings. The van der Waals surface area contributed by atoms with E-state index in [4.69, 9.17) is 33.7 Å². The summed E-state index contributed by atoms with van der Waals surface area (Å²) in [6.45, 7) is 0.535. The largest absolute Gasteiger partial charge is 0.495 e. The molecule has 4 heteroatoms. The summed E-state index contributed by atoms with van der Waals surface area (Å²) in [5, 5.41) is 1.36. The molecular weight excluding hydrogens is 293 g/mol. The van der Waals surface area contributed by atoms with E-state index in [9.17, 15) is 0 Å². The highest BCUT2D eigenvalue weighted by atomic mass is 35.5. The van der Waals surface area contributed by atoms with Crippen LogP contribution in [0.4, 0.5) is 0 Å². The van der Waals surface area contributed by atoms with Gasteiger partial charge in [-0.15, -0.1) is 0 Å². The number of methoxy groups -OCH3 is 1. The Labute approximate surface area is 129 Å². The van der Waals surface area contributed by atoms with Crippen molar-refractivity contribution in [2.75, 3.05) is 13.7 Å². The van der Waals surface area contributed by atoms with Gasteiger partial charge in [-0.25, -0.2) is 0 Å². The Balaban J connectivity index is 2.23. The van der Waals surface area contributed by atoms with Gasteiger partial charge in [0.05, 0.1) is 12.1 Å². The van der Waals surface area contributed by atoms with Crippen LogP contribution in [0.1, 0.15) is 17.0 Å².